The van der Waals surface area contributed by atoms with E-state index in [1.807, 2.05) is 44.2 Å². The lowest BCUT2D eigenvalue weighted by Gasteiger charge is -2.48. The molecule has 3 rings (SSSR count). The minimum absolute atomic E-state index is 0.00121. The van der Waals surface area contributed by atoms with Crippen molar-refractivity contribution >= 4 is 40.3 Å². The maximum Gasteiger partial charge on any atom is 0.236 e. The molecule has 0 aromatic heterocycles. The average Bonchev–Trinajstić information content (AvgIpc) is 2.78. The highest BCUT2D eigenvalue weighted by Gasteiger charge is 2.60. The van der Waals surface area contributed by atoms with E-state index in [9.17, 15) is 9.59 Å². The highest BCUT2D eigenvalue weighted by Crippen LogP contribution is 2.58. The Balaban J connectivity index is 2.10. The molecule has 0 radical (unpaired) electrons. The first-order chi connectivity index (χ1) is 8.94. The summed E-state index contributed by atoms with van der Waals surface area (Å²) in [6.07, 6.45) is 0. The summed E-state index contributed by atoms with van der Waals surface area (Å²) >= 11 is 5.51. The average molecular weight is 291 g/mol. The van der Waals surface area contributed by atoms with Crippen molar-refractivity contribution in [2.45, 2.75) is 19.2 Å². The smallest absolute Gasteiger partial charge is 0.236 e. The Kier molecular flexibility index (Phi) is 2.80. The van der Waals surface area contributed by atoms with Gasteiger partial charge in [-0.2, -0.15) is 0 Å². The van der Waals surface area contributed by atoms with Crippen LogP contribution in [-0.4, -0.2) is 21.3 Å². The van der Waals surface area contributed by atoms with Gasteiger partial charge in [0, 0.05) is 4.91 Å². The lowest BCUT2D eigenvalue weighted by Crippen LogP contribution is -2.62. The number of amides is 1. The van der Waals surface area contributed by atoms with E-state index in [1.54, 1.807) is 16.7 Å². The van der Waals surface area contributed by atoms with Gasteiger partial charge in [-0.05, 0) is 19.4 Å². The van der Waals surface area contributed by atoms with Crippen LogP contribution in [0, 0.1) is 5.41 Å². The van der Waals surface area contributed by atoms with Gasteiger partial charge in [-0.3, -0.25) is 14.5 Å². The van der Waals surface area contributed by atoms with Gasteiger partial charge in [-0.1, -0.05) is 54.7 Å². The zero-order valence-electron chi connectivity index (χ0n) is 10.6. The third kappa shape index (κ3) is 1.68. The molecule has 1 aromatic rings. The van der Waals surface area contributed by atoms with Crippen LogP contribution in [0.5, 0.6) is 0 Å². The van der Waals surface area contributed by atoms with Gasteiger partial charge in [0.15, 0.2) is 0 Å². The maximum absolute atomic E-state index is 12.1. The highest BCUT2D eigenvalue weighted by atomic mass is 32.2. The Bertz CT molecular complexity index is 607. The number of rotatable bonds is 2. The summed E-state index contributed by atoms with van der Waals surface area (Å²) in [5.74, 6) is -0.00617. The van der Waals surface area contributed by atoms with Gasteiger partial charge in [-0.15, -0.1) is 0 Å². The summed E-state index contributed by atoms with van der Waals surface area (Å²) in [6, 6.07) is 9.67. The molecule has 1 amide bonds. The number of hydrogen-bond acceptors (Lipinski definition) is 3. The van der Waals surface area contributed by atoms with Crippen LogP contribution in [0.1, 0.15) is 19.4 Å². The Labute approximate surface area is 121 Å². The van der Waals surface area contributed by atoms with Crippen LogP contribution in [0.15, 0.2) is 36.0 Å². The zero-order valence-corrected chi connectivity index (χ0v) is 12.3. The second kappa shape index (κ2) is 4.15. The molecule has 2 aliphatic rings. The van der Waals surface area contributed by atoms with Gasteiger partial charge < -0.3 is 0 Å². The van der Waals surface area contributed by atoms with Gasteiger partial charge in [-0.25, -0.2) is 0 Å². The molecule has 0 N–H and O–H groups in total. The molecule has 3 nitrogen and oxygen atoms in total. The number of carbonyl (C=O) groups excluding carboxylic acids is 2. The fraction of sp³-hybridized carbons (Fsp3) is 0.286. The summed E-state index contributed by atoms with van der Waals surface area (Å²) in [4.78, 5) is 26.4. The second-order valence-electron chi connectivity index (χ2n) is 5.22. The Morgan fingerprint density at radius 1 is 1.32 bits per heavy atom. The highest BCUT2D eigenvalue weighted by molar-refractivity contribution is 8.09. The van der Waals surface area contributed by atoms with E-state index in [2.05, 4.69) is 12.6 Å². The van der Waals surface area contributed by atoms with Crippen molar-refractivity contribution in [2.24, 2.45) is 5.41 Å². The number of hydrogen-bond donors (Lipinski definition) is 1. The predicted octanol–water partition coefficient (Wildman–Crippen LogP) is 2.75. The van der Waals surface area contributed by atoms with Crippen LogP contribution in [0.2, 0.25) is 0 Å². The van der Waals surface area contributed by atoms with Crippen molar-refractivity contribution in [3.05, 3.63) is 41.6 Å². The number of thiol groups is 1. The van der Waals surface area contributed by atoms with Gasteiger partial charge in [0.25, 0.3) is 0 Å². The molecule has 1 saturated heterocycles. The molecule has 2 aliphatic heterocycles. The molecular formula is C14H13NO2S2. The van der Waals surface area contributed by atoms with Crippen molar-refractivity contribution in [2.75, 3.05) is 0 Å². The van der Waals surface area contributed by atoms with Crippen LogP contribution >= 0.6 is 24.4 Å². The van der Waals surface area contributed by atoms with E-state index >= 15 is 0 Å². The number of thioether (sulfide) groups is 1. The fourth-order valence-electron chi connectivity index (χ4n) is 2.47. The molecule has 1 aromatic carbocycles. The van der Waals surface area contributed by atoms with Crippen molar-refractivity contribution in [3.63, 3.8) is 0 Å². The zero-order chi connectivity index (χ0) is 13.8. The topological polar surface area (TPSA) is 37.4 Å². The van der Waals surface area contributed by atoms with Crippen LogP contribution in [0.3, 0.4) is 0 Å². The van der Waals surface area contributed by atoms with Crippen molar-refractivity contribution in [3.8, 4) is 0 Å². The second-order valence-corrected chi connectivity index (χ2v) is 6.71. The first kappa shape index (κ1) is 12.8. The lowest BCUT2D eigenvalue weighted by molar-refractivity contribution is -0.156. The summed E-state index contributed by atoms with van der Waals surface area (Å²) in [5, 5.41) is -0.348. The van der Waals surface area contributed by atoms with Crippen LogP contribution in [0.25, 0.3) is 4.91 Å². The fourth-order valence-corrected chi connectivity index (χ4v) is 4.26. The third-order valence-electron chi connectivity index (χ3n) is 3.55. The van der Waals surface area contributed by atoms with E-state index in [0.717, 1.165) is 10.5 Å². The normalized spacial score (nSPS) is 24.3. The van der Waals surface area contributed by atoms with E-state index in [1.165, 1.54) is 0 Å². The SMILES string of the molecule is CC1(C)C(=O)N2C(C(=O)S)=C(c3ccccc3)S[C@@H]21. The number of nitrogens with zero attached hydrogens (tertiary/aromatic N) is 1. The maximum atomic E-state index is 12.1. The van der Waals surface area contributed by atoms with Gasteiger partial charge in [0.05, 0.1) is 5.41 Å². The molecule has 0 spiro atoms. The van der Waals surface area contributed by atoms with Crippen LogP contribution < -0.4 is 0 Å². The molecule has 2 heterocycles. The Morgan fingerprint density at radius 3 is 2.53 bits per heavy atom. The van der Waals surface area contributed by atoms with Crippen LogP contribution in [0.4, 0.5) is 0 Å². The minimum Gasteiger partial charge on any atom is -0.293 e. The molecule has 5 heteroatoms. The number of carbonyl (C=O) groups is 2. The van der Waals surface area contributed by atoms with Crippen molar-refractivity contribution in [1.82, 2.24) is 4.90 Å². The molecular weight excluding hydrogens is 278 g/mol. The molecule has 98 valence electrons. The molecule has 1 fully saturated rings. The lowest BCUT2D eigenvalue weighted by atomic mass is 9.82. The van der Waals surface area contributed by atoms with Gasteiger partial charge in [0.2, 0.25) is 11.0 Å². The number of β-lactam (4-membered cyclic amide) rings is 1. The summed E-state index contributed by atoms with van der Waals surface area (Å²) in [5.41, 5.74) is 0.965. The van der Waals surface area contributed by atoms with Crippen molar-refractivity contribution < 1.29 is 9.59 Å². The summed E-state index contributed by atoms with van der Waals surface area (Å²) in [6.45, 7) is 3.83. The Morgan fingerprint density at radius 2 is 1.95 bits per heavy atom. The standard InChI is InChI=1S/C14H13NO2S2/c1-14(2)12(17)15-9(11(16)18)10(19-13(14)15)8-6-4-3-5-7-8/h3-7,13H,1-2H3,(H,16,18)/t13-/m1/s1. The minimum atomic E-state index is -0.421. The predicted molar refractivity (Wildman–Crippen MR) is 79.4 cm³/mol. The van der Waals surface area contributed by atoms with Crippen LogP contribution in [-0.2, 0) is 9.59 Å². The van der Waals surface area contributed by atoms with Crippen molar-refractivity contribution in [1.29, 1.82) is 0 Å². The Hall–Kier alpha value is -1.20. The number of benzene rings is 1. The van der Waals surface area contributed by atoms with Gasteiger partial charge in [0.1, 0.15) is 11.1 Å². The first-order valence-corrected chi connectivity index (χ1v) is 7.30. The molecule has 0 unspecified atom stereocenters. The molecule has 1 atom stereocenters. The van der Waals surface area contributed by atoms with E-state index < -0.39 is 5.41 Å². The largest absolute Gasteiger partial charge is 0.293 e. The van der Waals surface area contributed by atoms with E-state index in [-0.39, 0.29) is 16.4 Å². The molecule has 0 saturated carbocycles. The summed E-state index contributed by atoms with van der Waals surface area (Å²) < 4.78 is 0. The quantitative estimate of drug-likeness (QED) is 0.672. The molecule has 0 bridgehead atoms. The third-order valence-corrected chi connectivity index (χ3v) is 5.45. The molecule has 19 heavy (non-hydrogen) atoms. The van der Waals surface area contributed by atoms with E-state index in [0.29, 0.717) is 5.70 Å². The van der Waals surface area contributed by atoms with E-state index in [4.69, 9.17) is 0 Å². The monoisotopic (exact) mass is 291 g/mol. The molecule has 0 aliphatic carbocycles. The van der Waals surface area contributed by atoms with Gasteiger partial charge >= 0.3 is 0 Å². The number of fused-ring (bicyclic) bond motifs is 1. The first-order valence-electron chi connectivity index (χ1n) is 5.98. The summed E-state index contributed by atoms with van der Waals surface area (Å²) in [7, 11) is 0.